The second kappa shape index (κ2) is 7.80. The normalized spacial score (nSPS) is 17.5. The second-order valence-corrected chi connectivity index (χ2v) is 8.05. The molecule has 2 aliphatic rings. The number of hydrogen-bond acceptors (Lipinski definition) is 3. The molecule has 1 aromatic carbocycles. The van der Waals surface area contributed by atoms with Crippen molar-refractivity contribution in [2.24, 2.45) is 5.92 Å². The van der Waals surface area contributed by atoms with E-state index in [2.05, 4.69) is 20.9 Å². The number of likely N-dealkylation sites (tertiary alicyclic amines) is 1. The number of carbonyl (C=O) groups is 2. The number of rotatable bonds is 2. The SMILES string of the molecule is O=C(c1ccc(Br)cc1)N1CCC(C(=O)N2CCCc3ncccc32)CC1. The van der Waals surface area contributed by atoms with Crippen LogP contribution >= 0.6 is 15.9 Å². The summed E-state index contributed by atoms with van der Waals surface area (Å²) in [6.45, 7) is 2.01. The first kappa shape index (κ1) is 18.2. The molecule has 1 aromatic heterocycles. The van der Waals surface area contributed by atoms with Gasteiger partial charge in [-0.25, -0.2) is 0 Å². The van der Waals surface area contributed by atoms with Gasteiger partial charge in [-0.05, 0) is 62.1 Å². The Labute approximate surface area is 167 Å². The van der Waals surface area contributed by atoms with Gasteiger partial charge in [0.05, 0.1) is 11.4 Å². The molecule has 0 saturated carbocycles. The minimum absolute atomic E-state index is 0.0230. The number of piperidine rings is 1. The van der Waals surface area contributed by atoms with E-state index in [9.17, 15) is 9.59 Å². The fourth-order valence-electron chi connectivity index (χ4n) is 3.95. The summed E-state index contributed by atoms with van der Waals surface area (Å²) in [5, 5.41) is 0. The first-order valence-corrected chi connectivity index (χ1v) is 10.2. The van der Waals surface area contributed by atoms with Crippen molar-refractivity contribution in [3.8, 4) is 0 Å². The van der Waals surface area contributed by atoms with Crippen LogP contribution in [0.5, 0.6) is 0 Å². The van der Waals surface area contributed by atoms with Crippen LogP contribution in [0.25, 0.3) is 0 Å². The molecule has 0 atom stereocenters. The largest absolute Gasteiger partial charge is 0.339 e. The van der Waals surface area contributed by atoms with E-state index in [0.717, 1.165) is 35.2 Å². The zero-order valence-electron chi connectivity index (χ0n) is 15.1. The van der Waals surface area contributed by atoms with Crippen LogP contribution in [0.2, 0.25) is 0 Å². The van der Waals surface area contributed by atoms with Gasteiger partial charge in [0.15, 0.2) is 0 Å². The molecule has 4 rings (SSSR count). The van der Waals surface area contributed by atoms with Crippen LogP contribution in [0, 0.1) is 5.92 Å². The monoisotopic (exact) mass is 427 g/mol. The maximum absolute atomic E-state index is 13.1. The molecular formula is C21H22BrN3O2. The highest BCUT2D eigenvalue weighted by molar-refractivity contribution is 9.10. The molecule has 0 aliphatic carbocycles. The van der Waals surface area contributed by atoms with Crippen molar-refractivity contribution in [3.05, 3.63) is 58.3 Å². The van der Waals surface area contributed by atoms with Crippen LogP contribution in [-0.2, 0) is 11.2 Å². The number of hydrogen-bond donors (Lipinski definition) is 0. The number of aromatic nitrogens is 1. The van der Waals surface area contributed by atoms with Gasteiger partial charge >= 0.3 is 0 Å². The maximum atomic E-state index is 13.1. The fraction of sp³-hybridized carbons (Fsp3) is 0.381. The summed E-state index contributed by atoms with van der Waals surface area (Å²) in [6, 6.07) is 11.3. The lowest BCUT2D eigenvalue weighted by Crippen LogP contribution is -2.46. The van der Waals surface area contributed by atoms with Crippen LogP contribution in [-0.4, -0.2) is 41.3 Å². The third kappa shape index (κ3) is 3.76. The first-order chi connectivity index (χ1) is 13.1. The molecule has 0 bridgehead atoms. The van der Waals surface area contributed by atoms with Gasteiger partial charge < -0.3 is 9.80 Å². The van der Waals surface area contributed by atoms with Gasteiger partial charge in [-0.15, -0.1) is 0 Å². The minimum atomic E-state index is -0.0230. The Morgan fingerprint density at radius 2 is 1.78 bits per heavy atom. The standard InChI is InChI=1S/C21H22BrN3O2/c22-17-7-5-15(6-8-17)20(26)24-13-9-16(10-14-24)21(27)25-12-2-3-18-19(25)4-1-11-23-18/h1,4-8,11,16H,2-3,9-10,12-14H2. The molecule has 3 heterocycles. The molecule has 27 heavy (non-hydrogen) atoms. The highest BCUT2D eigenvalue weighted by atomic mass is 79.9. The minimum Gasteiger partial charge on any atom is -0.339 e. The summed E-state index contributed by atoms with van der Waals surface area (Å²) in [5.74, 6) is 0.200. The van der Waals surface area contributed by atoms with Crippen molar-refractivity contribution in [2.75, 3.05) is 24.5 Å². The number of nitrogens with zero attached hydrogens (tertiary/aromatic N) is 3. The van der Waals surface area contributed by atoms with Crippen LogP contribution in [0.4, 0.5) is 5.69 Å². The summed E-state index contributed by atoms with van der Waals surface area (Å²) in [5.41, 5.74) is 2.67. The molecule has 1 fully saturated rings. The molecule has 0 unspecified atom stereocenters. The predicted molar refractivity (Wildman–Crippen MR) is 108 cm³/mol. The number of aryl methyl sites for hydroxylation is 1. The number of amides is 2. The summed E-state index contributed by atoms with van der Waals surface area (Å²) in [7, 11) is 0. The number of pyridine rings is 1. The molecule has 140 valence electrons. The number of halogens is 1. The fourth-order valence-corrected chi connectivity index (χ4v) is 4.21. The van der Waals surface area contributed by atoms with Gasteiger partial charge in [0, 0.05) is 41.8 Å². The Bertz CT molecular complexity index is 845. The summed E-state index contributed by atoms with van der Waals surface area (Å²) < 4.78 is 0.958. The van der Waals surface area contributed by atoms with E-state index in [1.54, 1.807) is 6.20 Å². The van der Waals surface area contributed by atoms with Crippen molar-refractivity contribution in [3.63, 3.8) is 0 Å². The van der Waals surface area contributed by atoms with E-state index in [1.165, 1.54) is 0 Å². The number of carbonyl (C=O) groups excluding carboxylic acids is 2. The van der Waals surface area contributed by atoms with E-state index < -0.39 is 0 Å². The molecule has 2 amide bonds. The molecule has 0 radical (unpaired) electrons. The van der Waals surface area contributed by atoms with Crippen LogP contribution in [0.1, 0.15) is 35.3 Å². The Morgan fingerprint density at radius 1 is 1.04 bits per heavy atom. The van der Waals surface area contributed by atoms with Gasteiger partial charge in [-0.2, -0.15) is 0 Å². The molecule has 1 saturated heterocycles. The lowest BCUT2D eigenvalue weighted by atomic mass is 9.93. The quantitative estimate of drug-likeness (QED) is 0.734. The van der Waals surface area contributed by atoms with Crippen molar-refractivity contribution < 1.29 is 9.59 Å². The van der Waals surface area contributed by atoms with Gasteiger partial charge in [0.2, 0.25) is 5.91 Å². The Kier molecular flexibility index (Phi) is 5.25. The topological polar surface area (TPSA) is 53.5 Å². The van der Waals surface area contributed by atoms with Crippen molar-refractivity contribution >= 4 is 33.4 Å². The van der Waals surface area contributed by atoms with Crippen molar-refractivity contribution in [1.29, 1.82) is 0 Å². The van der Waals surface area contributed by atoms with Gasteiger partial charge in [-0.1, -0.05) is 15.9 Å². The van der Waals surface area contributed by atoms with Gasteiger partial charge in [0.25, 0.3) is 5.91 Å². The van der Waals surface area contributed by atoms with Crippen molar-refractivity contribution in [2.45, 2.75) is 25.7 Å². The van der Waals surface area contributed by atoms with E-state index in [-0.39, 0.29) is 17.7 Å². The third-order valence-corrected chi connectivity index (χ3v) is 5.97. The first-order valence-electron chi connectivity index (χ1n) is 9.43. The second-order valence-electron chi connectivity index (χ2n) is 7.14. The smallest absolute Gasteiger partial charge is 0.253 e. The van der Waals surface area contributed by atoms with E-state index in [1.807, 2.05) is 46.2 Å². The Balaban J connectivity index is 1.40. The highest BCUT2D eigenvalue weighted by Crippen LogP contribution is 2.29. The van der Waals surface area contributed by atoms with Crippen LogP contribution in [0.3, 0.4) is 0 Å². The molecule has 5 nitrogen and oxygen atoms in total. The predicted octanol–water partition coefficient (Wildman–Crippen LogP) is 3.68. The molecule has 2 aliphatic heterocycles. The van der Waals surface area contributed by atoms with Crippen molar-refractivity contribution in [1.82, 2.24) is 9.88 Å². The van der Waals surface area contributed by atoms with E-state index >= 15 is 0 Å². The number of benzene rings is 1. The maximum Gasteiger partial charge on any atom is 0.253 e. The summed E-state index contributed by atoms with van der Waals surface area (Å²) in [6.07, 6.45) is 5.11. The summed E-state index contributed by atoms with van der Waals surface area (Å²) >= 11 is 3.39. The average Bonchev–Trinajstić information content (AvgIpc) is 2.73. The third-order valence-electron chi connectivity index (χ3n) is 5.44. The zero-order chi connectivity index (χ0) is 18.8. The molecule has 6 heteroatoms. The lowest BCUT2D eigenvalue weighted by Gasteiger charge is -2.36. The highest BCUT2D eigenvalue weighted by Gasteiger charge is 2.33. The number of fused-ring (bicyclic) bond motifs is 1. The van der Waals surface area contributed by atoms with Crippen LogP contribution < -0.4 is 4.90 Å². The lowest BCUT2D eigenvalue weighted by molar-refractivity contribution is -0.123. The number of anilines is 1. The Morgan fingerprint density at radius 3 is 2.52 bits per heavy atom. The Hall–Kier alpha value is -2.21. The zero-order valence-corrected chi connectivity index (χ0v) is 16.7. The molecule has 0 spiro atoms. The average molecular weight is 428 g/mol. The summed E-state index contributed by atoms with van der Waals surface area (Å²) in [4.78, 5) is 33.9. The van der Waals surface area contributed by atoms with Crippen LogP contribution in [0.15, 0.2) is 47.1 Å². The van der Waals surface area contributed by atoms with E-state index in [4.69, 9.17) is 0 Å². The molecular weight excluding hydrogens is 406 g/mol. The van der Waals surface area contributed by atoms with E-state index in [0.29, 0.717) is 31.5 Å². The molecule has 0 N–H and O–H groups in total. The van der Waals surface area contributed by atoms with Gasteiger partial charge in [0.1, 0.15) is 0 Å². The molecule has 2 aromatic rings. The van der Waals surface area contributed by atoms with Gasteiger partial charge in [-0.3, -0.25) is 14.6 Å².